The molecule has 0 radical (unpaired) electrons. The zero-order chi connectivity index (χ0) is 15.2. The standard InChI is InChI=1S/C19H38N2/c1-3-4-5-7-10-18(2,17-20)21-15-13-19(14-16-21)11-8-6-9-12-19/h3-17,20H2,1-2H3. The van der Waals surface area contributed by atoms with Crippen molar-refractivity contribution >= 4 is 0 Å². The molecule has 1 unspecified atom stereocenters. The van der Waals surface area contributed by atoms with Crippen molar-refractivity contribution in [2.24, 2.45) is 11.1 Å². The second-order valence-electron chi connectivity index (χ2n) is 8.06. The minimum absolute atomic E-state index is 0.254. The Morgan fingerprint density at radius 3 is 2.19 bits per heavy atom. The minimum Gasteiger partial charge on any atom is -0.329 e. The summed E-state index contributed by atoms with van der Waals surface area (Å²) in [4.78, 5) is 2.73. The first kappa shape index (κ1) is 17.3. The van der Waals surface area contributed by atoms with Crippen LogP contribution in [0.5, 0.6) is 0 Å². The smallest absolute Gasteiger partial charge is 0.0303 e. The summed E-state index contributed by atoms with van der Waals surface area (Å²) in [5.74, 6) is 0. The van der Waals surface area contributed by atoms with Crippen molar-refractivity contribution in [1.29, 1.82) is 0 Å². The van der Waals surface area contributed by atoms with Crippen molar-refractivity contribution in [1.82, 2.24) is 4.90 Å². The Bertz CT molecular complexity index is 286. The molecule has 1 aliphatic carbocycles. The van der Waals surface area contributed by atoms with E-state index in [2.05, 4.69) is 18.7 Å². The molecule has 0 amide bonds. The molecule has 1 spiro atoms. The van der Waals surface area contributed by atoms with E-state index in [1.165, 1.54) is 90.1 Å². The molecule has 2 rings (SSSR count). The van der Waals surface area contributed by atoms with Gasteiger partial charge in [-0.3, -0.25) is 4.90 Å². The monoisotopic (exact) mass is 294 g/mol. The molecule has 2 N–H and O–H groups in total. The second-order valence-corrected chi connectivity index (χ2v) is 8.06. The van der Waals surface area contributed by atoms with E-state index < -0.39 is 0 Å². The van der Waals surface area contributed by atoms with E-state index in [0.717, 1.165) is 6.54 Å². The molecule has 2 aliphatic rings. The van der Waals surface area contributed by atoms with Crippen LogP contribution in [-0.2, 0) is 0 Å². The number of rotatable bonds is 7. The van der Waals surface area contributed by atoms with Crippen LogP contribution in [-0.4, -0.2) is 30.1 Å². The van der Waals surface area contributed by atoms with E-state index in [4.69, 9.17) is 5.73 Å². The quantitative estimate of drug-likeness (QED) is 0.688. The van der Waals surface area contributed by atoms with Crippen LogP contribution in [0.3, 0.4) is 0 Å². The van der Waals surface area contributed by atoms with Crippen LogP contribution in [0.1, 0.15) is 90.9 Å². The number of hydrogen-bond donors (Lipinski definition) is 1. The fourth-order valence-electron chi connectivity index (χ4n) is 4.64. The highest BCUT2D eigenvalue weighted by atomic mass is 15.2. The Morgan fingerprint density at radius 1 is 0.952 bits per heavy atom. The molecule has 2 heteroatoms. The average Bonchev–Trinajstić information content (AvgIpc) is 2.53. The van der Waals surface area contributed by atoms with Gasteiger partial charge in [0.05, 0.1) is 0 Å². The van der Waals surface area contributed by atoms with Gasteiger partial charge in [-0.25, -0.2) is 0 Å². The van der Waals surface area contributed by atoms with E-state index in [-0.39, 0.29) is 5.54 Å². The fourth-order valence-corrected chi connectivity index (χ4v) is 4.64. The first-order valence-corrected chi connectivity index (χ1v) is 9.59. The van der Waals surface area contributed by atoms with Gasteiger partial charge >= 0.3 is 0 Å². The predicted molar refractivity (Wildman–Crippen MR) is 92.5 cm³/mol. The molecule has 2 nitrogen and oxygen atoms in total. The maximum atomic E-state index is 6.18. The zero-order valence-electron chi connectivity index (χ0n) is 14.6. The fraction of sp³-hybridized carbons (Fsp3) is 1.00. The Morgan fingerprint density at radius 2 is 1.62 bits per heavy atom. The molecule has 1 saturated carbocycles. The highest BCUT2D eigenvalue weighted by Crippen LogP contribution is 2.45. The third-order valence-electron chi connectivity index (χ3n) is 6.51. The van der Waals surface area contributed by atoms with Crippen LogP contribution in [0.15, 0.2) is 0 Å². The van der Waals surface area contributed by atoms with Crippen LogP contribution in [0.2, 0.25) is 0 Å². The lowest BCUT2D eigenvalue weighted by Gasteiger charge is -2.50. The lowest BCUT2D eigenvalue weighted by atomic mass is 9.67. The molecule has 2 fully saturated rings. The van der Waals surface area contributed by atoms with Gasteiger partial charge in [-0.2, -0.15) is 0 Å². The van der Waals surface area contributed by atoms with E-state index >= 15 is 0 Å². The lowest BCUT2D eigenvalue weighted by Crippen LogP contribution is -2.56. The average molecular weight is 295 g/mol. The summed E-state index contributed by atoms with van der Waals surface area (Å²) in [5.41, 5.74) is 7.15. The summed E-state index contributed by atoms with van der Waals surface area (Å²) in [6.07, 6.45) is 17.0. The van der Waals surface area contributed by atoms with E-state index in [0.29, 0.717) is 5.41 Å². The van der Waals surface area contributed by atoms with Gasteiger partial charge in [-0.05, 0) is 57.5 Å². The normalized spacial score (nSPS) is 25.9. The maximum Gasteiger partial charge on any atom is 0.0303 e. The first-order valence-electron chi connectivity index (χ1n) is 9.59. The van der Waals surface area contributed by atoms with Gasteiger partial charge < -0.3 is 5.73 Å². The molecule has 1 atom stereocenters. The van der Waals surface area contributed by atoms with Gasteiger partial charge in [0.1, 0.15) is 0 Å². The van der Waals surface area contributed by atoms with E-state index in [1.54, 1.807) is 0 Å². The van der Waals surface area contributed by atoms with Gasteiger partial charge in [0.15, 0.2) is 0 Å². The topological polar surface area (TPSA) is 29.3 Å². The molecule has 124 valence electrons. The van der Waals surface area contributed by atoms with Crippen LogP contribution in [0, 0.1) is 5.41 Å². The Labute approximate surface area is 132 Å². The van der Waals surface area contributed by atoms with Gasteiger partial charge in [0, 0.05) is 12.1 Å². The number of nitrogens with zero attached hydrogens (tertiary/aromatic N) is 1. The SMILES string of the molecule is CCCCCCC(C)(CN)N1CCC2(CCCCC2)CC1. The molecule has 1 saturated heterocycles. The second kappa shape index (κ2) is 7.97. The summed E-state index contributed by atoms with van der Waals surface area (Å²) in [6.45, 7) is 8.11. The first-order chi connectivity index (χ1) is 10.1. The number of unbranched alkanes of at least 4 members (excludes halogenated alkanes) is 3. The molecule has 0 bridgehead atoms. The minimum atomic E-state index is 0.254. The van der Waals surface area contributed by atoms with Crippen LogP contribution >= 0.6 is 0 Å². The summed E-state index contributed by atoms with van der Waals surface area (Å²) in [7, 11) is 0. The molecule has 0 aromatic rings. The maximum absolute atomic E-state index is 6.18. The van der Waals surface area contributed by atoms with Gasteiger partial charge in [-0.1, -0.05) is 51.9 Å². The summed E-state index contributed by atoms with van der Waals surface area (Å²) < 4.78 is 0. The summed E-state index contributed by atoms with van der Waals surface area (Å²) in [6, 6.07) is 0. The zero-order valence-corrected chi connectivity index (χ0v) is 14.6. The van der Waals surface area contributed by atoms with Crippen LogP contribution in [0.4, 0.5) is 0 Å². The molecular weight excluding hydrogens is 256 g/mol. The van der Waals surface area contributed by atoms with Crippen molar-refractivity contribution in [3.05, 3.63) is 0 Å². The number of hydrogen-bond acceptors (Lipinski definition) is 2. The number of nitrogens with two attached hydrogens (primary N) is 1. The van der Waals surface area contributed by atoms with Crippen molar-refractivity contribution in [3.63, 3.8) is 0 Å². The largest absolute Gasteiger partial charge is 0.329 e. The third kappa shape index (κ3) is 4.45. The van der Waals surface area contributed by atoms with Crippen molar-refractivity contribution in [2.75, 3.05) is 19.6 Å². The lowest BCUT2D eigenvalue weighted by molar-refractivity contribution is 0.00671. The predicted octanol–water partition coefficient (Wildman–Crippen LogP) is 4.72. The molecular formula is C19H38N2. The van der Waals surface area contributed by atoms with Gasteiger partial charge in [0.2, 0.25) is 0 Å². The molecule has 0 aromatic carbocycles. The van der Waals surface area contributed by atoms with Crippen molar-refractivity contribution in [3.8, 4) is 0 Å². The van der Waals surface area contributed by atoms with E-state index in [9.17, 15) is 0 Å². The Hall–Kier alpha value is -0.0800. The van der Waals surface area contributed by atoms with Crippen molar-refractivity contribution in [2.45, 2.75) is 96.4 Å². The highest BCUT2D eigenvalue weighted by molar-refractivity contribution is 4.95. The molecule has 0 aromatic heterocycles. The summed E-state index contributed by atoms with van der Waals surface area (Å²) >= 11 is 0. The molecule has 21 heavy (non-hydrogen) atoms. The van der Waals surface area contributed by atoms with Gasteiger partial charge in [-0.15, -0.1) is 0 Å². The van der Waals surface area contributed by atoms with E-state index in [1.807, 2.05) is 0 Å². The number of piperidine rings is 1. The Balaban J connectivity index is 1.82. The highest BCUT2D eigenvalue weighted by Gasteiger charge is 2.40. The van der Waals surface area contributed by atoms with Crippen LogP contribution in [0.25, 0.3) is 0 Å². The van der Waals surface area contributed by atoms with Gasteiger partial charge in [0.25, 0.3) is 0 Å². The molecule has 1 heterocycles. The molecule has 1 aliphatic heterocycles. The third-order valence-corrected chi connectivity index (χ3v) is 6.51. The number of likely N-dealkylation sites (tertiary alicyclic amines) is 1. The Kier molecular flexibility index (Phi) is 6.55. The van der Waals surface area contributed by atoms with Crippen LogP contribution < -0.4 is 5.73 Å². The summed E-state index contributed by atoms with van der Waals surface area (Å²) in [5, 5.41) is 0. The van der Waals surface area contributed by atoms with Crippen molar-refractivity contribution < 1.29 is 0 Å².